The largest absolute Gasteiger partial charge is 0.511 e. The molecule has 0 radical (unpaired) electrons. The number of rotatable bonds is 5. The van der Waals surface area contributed by atoms with Crippen LogP contribution in [0.15, 0.2) is 4.99 Å². The van der Waals surface area contributed by atoms with Crippen LogP contribution in [0.2, 0.25) is 0 Å². The van der Waals surface area contributed by atoms with Crippen molar-refractivity contribution in [2.24, 2.45) is 4.99 Å². The van der Waals surface area contributed by atoms with Crippen LogP contribution in [-0.2, 0) is 14.8 Å². The third kappa shape index (κ3) is 7.70. The average Bonchev–Trinajstić information content (AvgIpc) is 2.66. The number of guanidine groups is 1. The van der Waals surface area contributed by atoms with Crippen molar-refractivity contribution in [1.29, 1.82) is 0 Å². The molecule has 176 valence electrons. The molecule has 8 nitrogen and oxygen atoms in total. The molecule has 1 amide bonds. The highest BCUT2D eigenvalue weighted by Crippen LogP contribution is 2.29. The van der Waals surface area contributed by atoms with Gasteiger partial charge in [0.05, 0.1) is 0 Å². The summed E-state index contributed by atoms with van der Waals surface area (Å²) in [5.74, 6) is 0.282. The fourth-order valence-corrected chi connectivity index (χ4v) is 4.43. The predicted octanol–water partition coefficient (Wildman–Crippen LogP) is 1.87. The third-order valence-corrected chi connectivity index (χ3v) is 6.87. The van der Waals surface area contributed by atoms with Gasteiger partial charge in [-0.15, -0.1) is 24.0 Å². The van der Waals surface area contributed by atoms with Gasteiger partial charge in [-0.05, 0) is 25.7 Å². The molecule has 0 aromatic carbocycles. The molecule has 0 aromatic rings. The molecule has 30 heavy (non-hydrogen) atoms. The molecule has 2 fully saturated rings. The first-order valence-corrected chi connectivity index (χ1v) is 11.3. The maximum Gasteiger partial charge on any atom is 0.511 e. The van der Waals surface area contributed by atoms with E-state index in [9.17, 15) is 26.4 Å². The lowest BCUT2D eigenvalue weighted by atomic mass is 9.96. The van der Waals surface area contributed by atoms with E-state index in [2.05, 4.69) is 15.6 Å². The van der Waals surface area contributed by atoms with Crippen LogP contribution in [0, 0.1) is 0 Å². The molecule has 13 heteroatoms. The fourth-order valence-electron chi connectivity index (χ4n) is 3.44. The van der Waals surface area contributed by atoms with Gasteiger partial charge in [-0.1, -0.05) is 19.3 Å². The smallest absolute Gasteiger partial charge is 0.354 e. The second-order valence-electron chi connectivity index (χ2n) is 7.70. The quantitative estimate of drug-likeness (QED) is 0.300. The van der Waals surface area contributed by atoms with Gasteiger partial charge in [-0.2, -0.15) is 17.5 Å². The Morgan fingerprint density at radius 3 is 2.00 bits per heavy atom. The first-order chi connectivity index (χ1) is 13.5. The molecule has 1 saturated heterocycles. The monoisotopic (exact) mass is 569 g/mol. The van der Waals surface area contributed by atoms with Crippen LogP contribution >= 0.6 is 24.0 Å². The van der Waals surface area contributed by atoms with Gasteiger partial charge in [0.2, 0.25) is 5.91 Å². The number of carbonyl (C=O) groups excluding carboxylic acids is 1. The van der Waals surface area contributed by atoms with Gasteiger partial charge in [0.15, 0.2) is 5.96 Å². The lowest BCUT2D eigenvalue weighted by molar-refractivity contribution is -0.127. The molecule has 0 spiro atoms. The zero-order chi connectivity index (χ0) is 21.7. The molecule has 1 heterocycles. The van der Waals surface area contributed by atoms with Gasteiger partial charge in [-0.25, -0.2) is 13.4 Å². The summed E-state index contributed by atoms with van der Waals surface area (Å²) in [5.41, 5.74) is -5.28. The summed E-state index contributed by atoms with van der Waals surface area (Å²) in [6.45, 7) is -0.476. The summed E-state index contributed by atoms with van der Waals surface area (Å²) in [5, 5.41) is 6.49. The number of carbonyl (C=O) groups is 1. The number of alkyl halides is 3. The molecule has 0 unspecified atom stereocenters. The number of piperidine rings is 1. The molecular weight excluding hydrogens is 538 g/mol. The number of aliphatic imine (C=N–C) groups is 1. The Balaban J connectivity index is 0.00000450. The van der Waals surface area contributed by atoms with Crippen LogP contribution in [0.4, 0.5) is 13.2 Å². The van der Waals surface area contributed by atoms with E-state index in [0.717, 1.165) is 25.7 Å². The van der Waals surface area contributed by atoms with Crippen LogP contribution in [0.25, 0.3) is 0 Å². The summed E-state index contributed by atoms with van der Waals surface area (Å²) in [6.07, 6.45) is 5.83. The number of nitrogens with one attached hydrogen (secondary N) is 2. The van der Waals surface area contributed by atoms with Crippen molar-refractivity contribution in [3.8, 4) is 0 Å². The van der Waals surface area contributed by atoms with E-state index in [1.54, 1.807) is 14.1 Å². The highest BCUT2D eigenvalue weighted by atomic mass is 127. The normalized spacial score (nSPS) is 20.4. The van der Waals surface area contributed by atoms with Crippen molar-refractivity contribution >= 4 is 45.9 Å². The Hall–Kier alpha value is -0.830. The van der Waals surface area contributed by atoms with Crippen LogP contribution in [0.5, 0.6) is 0 Å². The lowest BCUT2D eigenvalue weighted by Crippen LogP contribution is -2.53. The minimum absolute atomic E-state index is 0. The van der Waals surface area contributed by atoms with Crippen molar-refractivity contribution < 1.29 is 26.4 Å². The molecule has 2 rings (SSSR count). The molecule has 2 aliphatic rings. The van der Waals surface area contributed by atoms with Crippen molar-refractivity contribution in [3.63, 3.8) is 0 Å². The van der Waals surface area contributed by atoms with Crippen LogP contribution < -0.4 is 10.6 Å². The van der Waals surface area contributed by atoms with Crippen molar-refractivity contribution in [2.75, 3.05) is 33.7 Å². The first-order valence-electron chi connectivity index (χ1n) is 9.85. The number of amides is 1. The molecule has 0 aromatic heterocycles. The number of hydrogen-bond donors (Lipinski definition) is 2. The first kappa shape index (κ1) is 27.2. The molecule has 1 aliphatic carbocycles. The maximum atomic E-state index is 12.7. The maximum absolute atomic E-state index is 12.7. The summed E-state index contributed by atoms with van der Waals surface area (Å²) in [4.78, 5) is 17.6. The second kappa shape index (κ2) is 11.7. The molecule has 0 bridgehead atoms. The lowest BCUT2D eigenvalue weighted by Gasteiger charge is -2.33. The summed E-state index contributed by atoms with van der Waals surface area (Å²) < 4.78 is 61.7. The van der Waals surface area contributed by atoms with Crippen LogP contribution in [0.3, 0.4) is 0 Å². The zero-order valence-electron chi connectivity index (χ0n) is 17.2. The number of nitrogens with zero attached hydrogens (tertiary/aromatic N) is 3. The van der Waals surface area contributed by atoms with E-state index in [4.69, 9.17) is 0 Å². The Morgan fingerprint density at radius 2 is 1.53 bits per heavy atom. The van der Waals surface area contributed by atoms with Gasteiger partial charge in [-0.3, -0.25) is 4.79 Å². The standard InChI is InChI=1S/C17H30F3N5O3S.HI/c1-24(2)15(26)12-21-16(22-13-6-4-3-5-7-13)23-14-8-10-25(11-9-14)29(27,28)17(18,19)20;/h13-14H,3-12H2,1-2H3,(H2,21,22,23);1H. The molecule has 2 N–H and O–H groups in total. The molecule has 0 atom stereocenters. The summed E-state index contributed by atoms with van der Waals surface area (Å²) in [7, 11) is -2.03. The van der Waals surface area contributed by atoms with Gasteiger partial charge in [0.25, 0.3) is 0 Å². The van der Waals surface area contributed by atoms with Crippen molar-refractivity contribution in [1.82, 2.24) is 19.8 Å². The minimum Gasteiger partial charge on any atom is -0.354 e. The van der Waals surface area contributed by atoms with E-state index >= 15 is 0 Å². The number of hydrogen-bond acceptors (Lipinski definition) is 4. The van der Waals surface area contributed by atoms with E-state index in [0.29, 0.717) is 10.3 Å². The fraction of sp³-hybridized carbons (Fsp3) is 0.882. The predicted molar refractivity (Wildman–Crippen MR) is 119 cm³/mol. The number of halogens is 4. The summed E-state index contributed by atoms with van der Waals surface area (Å²) in [6, 6.07) is 0.00846. The van der Waals surface area contributed by atoms with Gasteiger partial charge in [0.1, 0.15) is 6.54 Å². The van der Waals surface area contributed by atoms with Gasteiger partial charge in [0, 0.05) is 39.3 Å². The van der Waals surface area contributed by atoms with Crippen LogP contribution in [0.1, 0.15) is 44.9 Å². The number of sulfonamides is 1. The van der Waals surface area contributed by atoms with Gasteiger partial charge < -0.3 is 15.5 Å². The Kier molecular flexibility index (Phi) is 10.6. The highest BCUT2D eigenvalue weighted by molar-refractivity contribution is 14.0. The SMILES string of the molecule is CN(C)C(=O)CN=C(NC1CCCCC1)NC1CCN(S(=O)(=O)C(F)(F)F)CC1.I. The zero-order valence-corrected chi connectivity index (χ0v) is 20.4. The van der Waals surface area contributed by atoms with Crippen molar-refractivity contribution in [2.45, 2.75) is 62.5 Å². The number of likely N-dealkylation sites (N-methyl/N-ethyl adjacent to an activating group) is 1. The Labute approximate surface area is 193 Å². The highest BCUT2D eigenvalue weighted by Gasteiger charge is 2.50. The average molecular weight is 569 g/mol. The molecule has 1 saturated carbocycles. The van der Waals surface area contributed by atoms with Crippen LogP contribution in [-0.4, -0.2) is 80.8 Å². The van der Waals surface area contributed by atoms with E-state index in [-0.39, 0.29) is 74.4 Å². The Morgan fingerprint density at radius 1 is 1.03 bits per heavy atom. The minimum atomic E-state index is -5.30. The van der Waals surface area contributed by atoms with E-state index in [1.807, 2.05) is 0 Å². The van der Waals surface area contributed by atoms with Crippen molar-refractivity contribution in [3.05, 3.63) is 0 Å². The second-order valence-corrected chi connectivity index (χ2v) is 9.63. The van der Waals surface area contributed by atoms with E-state index in [1.165, 1.54) is 11.3 Å². The van der Waals surface area contributed by atoms with Gasteiger partial charge >= 0.3 is 15.5 Å². The Bertz CT molecular complexity index is 689. The molecule has 1 aliphatic heterocycles. The summed E-state index contributed by atoms with van der Waals surface area (Å²) >= 11 is 0. The van der Waals surface area contributed by atoms with E-state index < -0.39 is 15.5 Å². The third-order valence-electron chi connectivity index (χ3n) is 5.24. The topological polar surface area (TPSA) is 94.1 Å². The molecular formula is C17H31F3IN5O3S.